The first kappa shape index (κ1) is 20.0. The monoisotopic (exact) mass is 434 g/mol. The van der Waals surface area contributed by atoms with Crippen molar-refractivity contribution in [2.24, 2.45) is 0 Å². The van der Waals surface area contributed by atoms with E-state index in [4.69, 9.17) is 13.9 Å². The molecule has 8 nitrogen and oxygen atoms in total. The summed E-state index contributed by atoms with van der Waals surface area (Å²) in [7, 11) is -3.66. The molecule has 0 atom stereocenters. The number of carbonyl (C=O) groups excluding carboxylic acids is 1. The van der Waals surface area contributed by atoms with Crippen molar-refractivity contribution in [3.63, 3.8) is 0 Å². The highest BCUT2D eigenvalue weighted by Crippen LogP contribution is 2.35. The van der Waals surface area contributed by atoms with Crippen LogP contribution in [0.1, 0.15) is 41.8 Å². The van der Waals surface area contributed by atoms with Gasteiger partial charge in [-0.15, -0.1) is 0 Å². The van der Waals surface area contributed by atoms with Gasteiger partial charge in [0.2, 0.25) is 10.0 Å². The van der Waals surface area contributed by atoms with Gasteiger partial charge in [0.25, 0.3) is 5.91 Å². The molecule has 0 radical (unpaired) electrons. The fourth-order valence-corrected chi connectivity index (χ4v) is 6.10. The van der Waals surface area contributed by atoms with E-state index in [1.807, 2.05) is 6.92 Å². The number of aryl methyl sites for hydroxylation is 1. The Hall–Kier alpha value is -1.94. The lowest BCUT2D eigenvalue weighted by atomic mass is 10.1. The van der Waals surface area contributed by atoms with E-state index in [1.54, 1.807) is 23.1 Å². The zero-order valence-electron chi connectivity index (χ0n) is 17.1. The number of likely N-dealkylation sites (tertiary alicyclic amines) is 1. The molecule has 1 aromatic carbocycles. The van der Waals surface area contributed by atoms with Crippen molar-refractivity contribution in [2.45, 2.75) is 43.3 Å². The number of hydrogen-bond donors (Lipinski definition) is 0. The van der Waals surface area contributed by atoms with E-state index in [1.165, 1.54) is 4.31 Å². The third-order valence-corrected chi connectivity index (χ3v) is 8.33. The van der Waals surface area contributed by atoms with Gasteiger partial charge >= 0.3 is 0 Å². The number of benzene rings is 1. The second-order valence-electron chi connectivity index (χ2n) is 8.23. The van der Waals surface area contributed by atoms with E-state index >= 15 is 0 Å². The van der Waals surface area contributed by atoms with Gasteiger partial charge in [-0.3, -0.25) is 4.79 Å². The Bertz CT molecular complexity index is 1070. The Morgan fingerprint density at radius 3 is 2.37 bits per heavy atom. The summed E-state index contributed by atoms with van der Waals surface area (Å²) in [5.41, 5.74) is 1.21. The average Bonchev–Trinajstić information content (AvgIpc) is 3.49. The fourth-order valence-electron chi connectivity index (χ4n) is 4.63. The normalized spacial score (nSPS) is 22.4. The molecular weight excluding hydrogens is 408 g/mol. The number of nitrogens with zero attached hydrogens (tertiary/aromatic N) is 2. The van der Waals surface area contributed by atoms with Crippen molar-refractivity contribution in [1.82, 2.24) is 9.21 Å². The summed E-state index contributed by atoms with van der Waals surface area (Å²) in [4.78, 5) is 14.8. The van der Waals surface area contributed by atoms with Gasteiger partial charge in [0.1, 0.15) is 5.58 Å². The molecule has 1 spiro atoms. The number of fused-ring (bicyclic) bond motifs is 1. The molecule has 3 aliphatic heterocycles. The number of carbonyl (C=O) groups is 1. The van der Waals surface area contributed by atoms with E-state index in [0.29, 0.717) is 61.4 Å². The highest BCUT2D eigenvalue weighted by molar-refractivity contribution is 7.89. The van der Waals surface area contributed by atoms with Crippen molar-refractivity contribution in [3.05, 3.63) is 29.5 Å². The van der Waals surface area contributed by atoms with Crippen LogP contribution in [0, 0.1) is 6.92 Å². The molecule has 0 bridgehead atoms. The number of rotatable bonds is 3. The minimum absolute atomic E-state index is 0.122. The number of ether oxygens (including phenoxy) is 2. The van der Waals surface area contributed by atoms with Crippen LogP contribution in [-0.4, -0.2) is 68.7 Å². The van der Waals surface area contributed by atoms with Gasteiger partial charge < -0.3 is 18.8 Å². The smallest absolute Gasteiger partial charge is 0.289 e. The second kappa shape index (κ2) is 7.33. The van der Waals surface area contributed by atoms with Crippen molar-refractivity contribution in [1.29, 1.82) is 0 Å². The van der Waals surface area contributed by atoms with E-state index < -0.39 is 15.8 Å². The first-order chi connectivity index (χ1) is 14.4. The third kappa shape index (κ3) is 3.24. The molecule has 0 saturated carbocycles. The maximum Gasteiger partial charge on any atom is 0.289 e. The Morgan fingerprint density at radius 1 is 1.03 bits per heavy atom. The summed E-state index contributed by atoms with van der Waals surface area (Å²) in [6, 6.07) is 4.82. The Balaban J connectivity index is 1.41. The molecule has 4 heterocycles. The number of piperidine rings is 1. The molecule has 9 heteroatoms. The molecule has 0 unspecified atom stereocenters. The molecular formula is C21H26N2O6S. The van der Waals surface area contributed by atoms with Crippen molar-refractivity contribution in [3.8, 4) is 0 Å². The standard InChI is InChI=1S/C21H26N2O6S/c1-15-17-14-16(4-5-18(17)29-19(15)20(24)22-8-2-3-9-22)30(25,26)23-10-6-21(7-11-23)27-12-13-28-21/h4-5,14H,2-3,6-13H2,1H3. The van der Waals surface area contributed by atoms with E-state index in [9.17, 15) is 13.2 Å². The topological polar surface area (TPSA) is 89.3 Å². The first-order valence-electron chi connectivity index (χ1n) is 10.5. The molecule has 162 valence electrons. The summed E-state index contributed by atoms with van der Waals surface area (Å²) in [5.74, 6) is -0.442. The van der Waals surface area contributed by atoms with Crippen LogP contribution in [0.25, 0.3) is 11.0 Å². The van der Waals surface area contributed by atoms with Crippen LogP contribution >= 0.6 is 0 Å². The van der Waals surface area contributed by atoms with Crippen molar-refractivity contribution < 1.29 is 27.1 Å². The SMILES string of the molecule is Cc1c(C(=O)N2CCCC2)oc2ccc(S(=O)(=O)N3CCC4(CC3)OCCO4)cc12. The highest BCUT2D eigenvalue weighted by Gasteiger charge is 2.42. The van der Waals surface area contributed by atoms with E-state index in [2.05, 4.69) is 0 Å². The predicted molar refractivity (Wildman–Crippen MR) is 109 cm³/mol. The molecule has 3 saturated heterocycles. The van der Waals surface area contributed by atoms with E-state index in [0.717, 1.165) is 25.9 Å². The molecule has 3 aliphatic rings. The third-order valence-electron chi connectivity index (χ3n) is 6.43. The molecule has 0 N–H and O–H groups in total. The molecule has 5 rings (SSSR count). The molecule has 1 amide bonds. The van der Waals surface area contributed by atoms with Crippen molar-refractivity contribution in [2.75, 3.05) is 39.4 Å². The van der Waals surface area contributed by atoms with Crippen LogP contribution in [-0.2, 0) is 19.5 Å². The zero-order valence-corrected chi connectivity index (χ0v) is 17.9. The van der Waals surface area contributed by atoms with Crippen LogP contribution in [0.4, 0.5) is 0 Å². The number of furan rings is 1. The lowest BCUT2D eigenvalue weighted by Gasteiger charge is -2.36. The lowest BCUT2D eigenvalue weighted by Crippen LogP contribution is -2.47. The Labute approximate surface area is 175 Å². The second-order valence-corrected chi connectivity index (χ2v) is 10.2. The van der Waals surface area contributed by atoms with Crippen LogP contribution in [0.2, 0.25) is 0 Å². The highest BCUT2D eigenvalue weighted by atomic mass is 32.2. The van der Waals surface area contributed by atoms with Gasteiger partial charge in [-0.2, -0.15) is 4.31 Å². The summed E-state index contributed by atoms with van der Waals surface area (Å²) in [6.07, 6.45) is 3.04. The summed E-state index contributed by atoms with van der Waals surface area (Å²) >= 11 is 0. The molecule has 30 heavy (non-hydrogen) atoms. The number of amides is 1. The van der Waals surface area contributed by atoms with Crippen LogP contribution in [0.3, 0.4) is 0 Å². The Morgan fingerprint density at radius 2 is 1.70 bits per heavy atom. The van der Waals surface area contributed by atoms with Gasteiger partial charge in [-0.05, 0) is 38.0 Å². The predicted octanol–water partition coefficient (Wildman–Crippen LogP) is 2.50. The largest absolute Gasteiger partial charge is 0.451 e. The Kier molecular flexibility index (Phi) is 4.89. The summed E-state index contributed by atoms with van der Waals surface area (Å²) in [6.45, 7) is 5.10. The fraction of sp³-hybridized carbons (Fsp3) is 0.571. The van der Waals surface area contributed by atoms with Crippen LogP contribution in [0.5, 0.6) is 0 Å². The summed E-state index contributed by atoms with van der Waals surface area (Å²) < 4.78 is 45.2. The zero-order chi connectivity index (χ0) is 20.9. The lowest BCUT2D eigenvalue weighted by molar-refractivity contribution is -0.179. The van der Waals surface area contributed by atoms with Crippen LogP contribution in [0.15, 0.2) is 27.5 Å². The quantitative estimate of drug-likeness (QED) is 0.738. The molecule has 1 aromatic heterocycles. The van der Waals surface area contributed by atoms with Gasteiger partial charge in [-0.25, -0.2) is 8.42 Å². The van der Waals surface area contributed by atoms with Crippen molar-refractivity contribution >= 4 is 26.9 Å². The molecule has 2 aromatic rings. The van der Waals surface area contributed by atoms with Gasteiger partial charge in [0.15, 0.2) is 11.5 Å². The van der Waals surface area contributed by atoms with Gasteiger partial charge in [0, 0.05) is 50.0 Å². The maximum absolute atomic E-state index is 13.2. The minimum Gasteiger partial charge on any atom is -0.451 e. The van der Waals surface area contributed by atoms with Gasteiger partial charge in [0.05, 0.1) is 18.1 Å². The minimum atomic E-state index is -3.66. The number of sulfonamides is 1. The van der Waals surface area contributed by atoms with Gasteiger partial charge in [-0.1, -0.05) is 0 Å². The maximum atomic E-state index is 13.2. The first-order valence-corrected chi connectivity index (χ1v) is 11.9. The molecule has 3 fully saturated rings. The average molecular weight is 435 g/mol. The van der Waals surface area contributed by atoms with E-state index in [-0.39, 0.29) is 10.8 Å². The van der Waals surface area contributed by atoms with Crippen LogP contribution < -0.4 is 0 Å². The number of hydrogen-bond acceptors (Lipinski definition) is 6. The summed E-state index contributed by atoms with van der Waals surface area (Å²) in [5, 5.41) is 0.662. The molecule has 0 aliphatic carbocycles.